The summed E-state index contributed by atoms with van der Waals surface area (Å²) in [6, 6.07) is 15.1. The van der Waals surface area contributed by atoms with Gasteiger partial charge in [-0.2, -0.15) is 0 Å². The second-order valence-corrected chi connectivity index (χ2v) is 10.2. The van der Waals surface area contributed by atoms with Gasteiger partial charge in [0.05, 0.1) is 6.26 Å². The molecule has 0 amide bonds. The molecule has 0 atom stereocenters. The number of carboxylic acids is 2. The number of rotatable bonds is 8. The van der Waals surface area contributed by atoms with Gasteiger partial charge in [-0.3, -0.25) is 0 Å². The van der Waals surface area contributed by atoms with Crippen molar-refractivity contribution < 1.29 is 24.5 Å². The molecule has 0 unspecified atom stereocenters. The lowest BCUT2D eigenvalue weighted by molar-refractivity contribution is -0.132. The number of carbonyl (C=O) groups is 2. The van der Waals surface area contributed by atoms with Gasteiger partial charge in [-0.05, 0) is 45.9 Å². The normalized spacial score (nSPS) is 13.4. The number of hydrogen-bond donors (Lipinski definition) is 2. The predicted molar refractivity (Wildman–Crippen MR) is 142 cm³/mol. The smallest absolute Gasteiger partial charge is 0.328 e. The first-order valence-corrected chi connectivity index (χ1v) is 11.4. The van der Waals surface area contributed by atoms with Gasteiger partial charge >= 0.3 is 11.9 Å². The van der Waals surface area contributed by atoms with Crippen LogP contribution in [-0.4, -0.2) is 22.2 Å². The van der Waals surface area contributed by atoms with E-state index in [2.05, 4.69) is 41.5 Å². The van der Waals surface area contributed by atoms with E-state index in [4.69, 9.17) is 14.9 Å². The number of aliphatic carboxylic acids is 2. The third-order valence-electron chi connectivity index (χ3n) is 5.13. The summed E-state index contributed by atoms with van der Waals surface area (Å²) in [5.74, 6) is -1.26. The first-order chi connectivity index (χ1) is 16.3. The summed E-state index contributed by atoms with van der Waals surface area (Å²) in [5, 5.41) is 18.1. The number of hydrogen-bond acceptors (Lipinski definition) is 3. The van der Waals surface area contributed by atoms with Gasteiger partial charge in [0.15, 0.2) is 0 Å². The second-order valence-electron chi connectivity index (χ2n) is 10.2. The van der Waals surface area contributed by atoms with Crippen LogP contribution in [0.2, 0.25) is 0 Å². The summed E-state index contributed by atoms with van der Waals surface area (Å²) in [7, 11) is 0. The molecule has 2 N–H and O–H groups in total. The zero-order valence-electron chi connectivity index (χ0n) is 21.2. The Morgan fingerprint density at radius 2 is 1.14 bits per heavy atom. The standard InChI is InChI=1S/C30H34O5/c1-29(2,3)27(24-14-10-9-13-23(24)16-18-26(33)34)28(30(4,5)6)35-20-19-22-12-8-7-11-21(22)15-17-25(31)32/h7-20H,1-6H3,(H,31,32)(H,33,34). The van der Waals surface area contributed by atoms with E-state index in [9.17, 15) is 9.59 Å². The average molecular weight is 475 g/mol. The Balaban J connectivity index is 2.64. The van der Waals surface area contributed by atoms with Crippen molar-refractivity contribution >= 4 is 35.7 Å². The molecule has 0 spiro atoms. The largest absolute Gasteiger partial charge is 0.478 e. The first-order valence-electron chi connectivity index (χ1n) is 11.4. The topological polar surface area (TPSA) is 83.8 Å². The van der Waals surface area contributed by atoms with Gasteiger partial charge in [0.2, 0.25) is 0 Å². The van der Waals surface area contributed by atoms with Gasteiger partial charge in [-0.25, -0.2) is 9.59 Å². The second kappa shape index (κ2) is 11.5. The van der Waals surface area contributed by atoms with Crippen molar-refractivity contribution in [3.63, 3.8) is 0 Å². The van der Waals surface area contributed by atoms with Crippen LogP contribution in [0.25, 0.3) is 23.8 Å². The van der Waals surface area contributed by atoms with Crippen molar-refractivity contribution in [1.29, 1.82) is 0 Å². The van der Waals surface area contributed by atoms with Crippen LogP contribution >= 0.6 is 0 Å². The average Bonchev–Trinajstić information content (AvgIpc) is 2.75. The third kappa shape index (κ3) is 8.14. The maximum atomic E-state index is 11.2. The molecule has 0 aliphatic carbocycles. The van der Waals surface area contributed by atoms with Crippen LogP contribution in [0.5, 0.6) is 0 Å². The van der Waals surface area contributed by atoms with Crippen molar-refractivity contribution in [1.82, 2.24) is 0 Å². The number of carboxylic acid groups (broad SMARTS) is 2. The predicted octanol–water partition coefficient (Wildman–Crippen LogP) is 7.37. The Kier molecular flexibility index (Phi) is 9.01. The van der Waals surface area contributed by atoms with Gasteiger partial charge < -0.3 is 14.9 Å². The molecule has 35 heavy (non-hydrogen) atoms. The molecular weight excluding hydrogens is 440 g/mol. The Morgan fingerprint density at radius 1 is 0.686 bits per heavy atom. The van der Waals surface area contributed by atoms with E-state index >= 15 is 0 Å². The fraction of sp³-hybridized carbons (Fsp3) is 0.267. The molecule has 0 aliphatic heterocycles. The lowest BCUT2D eigenvalue weighted by atomic mass is 9.75. The molecular formula is C30H34O5. The highest BCUT2D eigenvalue weighted by atomic mass is 16.5. The van der Waals surface area contributed by atoms with Crippen LogP contribution in [0.3, 0.4) is 0 Å². The summed E-state index contributed by atoms with van der Waals surface area (Å²) in [6.45, 7) is 12.5. The maximum Gasteiger partial charge on any atom is 0.328 e. The highest BCUT2D eigenvalue weighted by molar-refractivity contribution is 5.88. The highest BCUT2D eigenvalue weighted by Gasteiger charge is 2.31. The minimum absolute atomic E-state index is 0.314. The van der Waals surface area contributed by atoms with Gasteiger partial charge in [0.1, 0.15) is 5.76 Å². The van der Waals surface area contributed by atoms with Crippen molar-refractivity contribution in [2.75, 3.05) is 0 Å². The molecule has 5 nitrogen and oxygen atoms in total. The molecule has 0 bridgehead atoms. The molecule has 0 aliphatic rings. The third-order valence-corrected chi connectivity index (χ3v) is 5.13. The highest BCUT2D eigenvalue weighted by Crippen LogP contribution is 2.44. The summed E-state index contributed by atoms with van der Waals surface area (Å²) < 4.78 is 6.33. The van der Waals surface area contributed by atoms with Gasteiger partial charge in [-0.1, -0.05) is 90.1 Å². The van der Waals surface area contributed by atoms with E-state index in [0.29, 0.717) is 0 Å². The van der Waals surface area contributed by atoms with Crippen LogP contribution in [0, 0.1) is 10.8 Å². The summed E-state index contributed by atoms with van der Waals surface area (Å²) in [5.41, 5.74) is 3.57. The fourth-order valence-electron chi connectivity index (χ4n) is 3.66. The van der Waals surface area contributed by atoms with Crippen LogP contribution in [0.15, 0.2) is 72.7 Å². The molecule has 0 saturated heterocycles. The molecule has 2 aromatic carbocycles. The van der Waals surface area contributed by atoms with E-state index in [1.165, 1.54) is 0 Å². The zero-order valence-corrected chi connectivity index (χ0v) is 21.2. The SMILES string of the molecule is CC(C)(C)C(OC=Cc1ccccc1C=CC(=O)O)=C(c1ccccc1C=CC(=O)O)C(C)(C)C. The Hall–Kier alpha value is -3.86. The first kappa shape index (κ1) is 27.4. The van der Waals surface area contributed by atoms with Crippen LogP contribution in [-0.2, 0) is 14.3 Å². The molecule has 0 heterocycles. The monoisotopic (exact) mass is 474 g/mol. The zero-order chi connectivity index (χ0) is 26.2. The van der Waals surface area contributed by atoms with Crippen LogP contribution in [0.4, 0.5) is 0 Å². The fourth-order valence-corrected chi connectivity index (χ4v) is 3.66. The van der Waals surface area contributed by atoms with E-state index < -0.39 is 11.9 Å². The molecule has 0 radical (unpaired) electrons. The minimum Gasteiger partial charge on any atom is -0.478 e. The number of ether oxygens (including phenoxy) is 1. The molecule has 5 heteroatoms. The summed E-state index contributed by atoms with van der Waals surface area (Å²) in [6.07, 6.45) is 8.82. The van der Waals surface area contributed by atoms with Gasteiger partial charge in [0.25, 0.3) is 0 Å². The van der Waals surface area contributed by atoms with E-state index in [1.807, 2.05) is 54.6 Å². The van der Waals surface area contributed by atoms with Crippen molar-refractivity contribution in [3.8, 4) is 0 Å². The van der Waals surface area contributed by atoms with Gasteiger partial charge in [0, 0.05) is 23.1 Å². The lowest BCUT2D eigenvalue weighted by Crippen LogP contribution is -2.20. The van der Waals surface area contributed by atoms with Crippen molar-refractivity contribution in [3.05, 3.63) is 95.0 Å². The summed E-state index contributed by atoms with van der Waals surface area (Å²) in [4.78, 5) is 22.1. The Bertz CT molecular complexity index is 1180. The molecule has 0 saturated carbocycles. The molecule has 0 aromatic heterocycles. The number of allylic oxidation sites excluding steroid dienone is 2. The van der Waals surface area contributed by atoms with Crippen LogP contribution in [0.1, 0.15) is 63.8 Å². The van der Waals surface area contributed by atoms with Crippen LogP contribution < -0.4 is 0 Å². The van der Waals surface area contributed by atoms with Crippen molar-refractivity contribution in [2.45, 2.75) is 41.5 Å². The molecule has 2 aromatic rings. The lowest BCUT2D eigenvalue weighted by Gasteiger charge is -2.33. The quantitative estimate of drug-likeness (QED) is 0.308. The van der Waals surface area contributed by atoms with E-state index in [1.54, 1.807) is 18.4 Å². The Morgan fingerprint density at radius 3 is 1.63 bits per heavy atom. The maximum absolute atomic E-state index is 11.2. The molecule has 2 rings (SSSR count). The van der Waals surface area contributed by atoms with Gasteiger partial charge in [-0.15, -0.1) is 0 Å². The molecule has 0 fully saturated rings. The minimum atomic E-state index is -1.01. The van der Waals surface area contributed by atoms with E-state index in [-0.39, 0.29) is 10.8 Å². The van der Waals surface area contributed by atoms with E-state index in [0.717, 1.165) is 45.7 Å². The molecule has 184 valence electrons. The Labute approximate surface area is 207 Å². The summed E-state index contributed by atoms with van der Waals surface area (Å²) >= 11 is 0. The number of benzene rings is 2. The van der Waals surface area contributed by atoms with Crippen molar-refractivity contribution in [2.24, 2.45) is 10.8 Å².